The maximum Gasteiger partial charge on any atom is 0.257 e. The second kappa shape index (κ2) is 6.34. The van der Waals surface area contributed by atoms with Gasteiger partial charge in [0.2, 0.25) is 0 Å². The van der Waals surface area contributed by atoms with Crippen molar-refractivity contribution in [2.75, 3.05) is 23.8 Å². The number of sulfone groups is 1. The van der Waals surface area contributed by atoms with Crippen molar-refractivity contribution in [1.29, 1.82) is 0 Å². The molecular formula is C14H20N2O4S. The Hall–Kier alpha value is -1.76. The van der Waals surface area contributed by atoms with E-state index in [-0.39, 0.29) is 23.1 Å². The van der Waals surface area contributed by atoms with Crippen LogP contribution in [0, 0.1) is 0 Å². The number of nitrogen functional groups attached to an aromatic ring is 1. The van der Waals surface area contributed by atoms with Crippen LogP contribution in [-0.4, -0.2) is 38.5 Å². The Morgan fingerprint density at radius 1 is 1.48 bits per heavy atom. The van der Waals surface area contributed by atoms with Crippen LogP contribution in [0.25, 0.3) is 0 Å². The molecule has 1 aliphatic heterocycles. The number of carbonyl (C=O) groups is 1. The average Bonchev–Trinajstić information content (AvgIpc) is 2.37. The van der Waals surface area contributed by atoms with E-state index < -0.39 is 15.7 Å². The second-order valence-electron chi connectivity index (χ2n) is 5.08. The average molecular weight is 312 g/mol. The number of hydrogen-bond acceptors (Lipinski definition) is 5. The summed E-state index contributed by atoms with van der Waals surface area (Å²) in [6, 6.07) is 4.63. The van der Waals surface area contributed by atoms with Crippen LogP contribution in [0.3, 0.4) is 0 Å². The van der Waals surface area contributed by atoms with Crippen LogP contribution in [0.1, 0.15) is 30.1 Å². The van der Waals surface area contributed by atoms with Crippen molar-refractivity contribution in [3.8, 4) is 5.75 Å². The standard InChI is InChI=1S/C14H20N2O4S/c1-2-20-12-7-3-6-11(15)13(12)14(17)16-10-5-4-8-21(18,19)9-10/h3,6-7,10H,2,4-5,8-9,15H2,1H3,(H,16,17). The smallest absolute Gasteiger partial charge is 0.257 e. The van der Waals surface area contributed by atoms with Crippen LogP contribution in [0.5, 0.6) is 5.75 Å². The zero-order valence-corrected chi connectivity index (χ0v) is 12.8. The highest BCUT2D eigenvalue weighted by molar-refractivity contribution is 7.91. The molecule has 1 amide bonds. The van der Waals surface area contributed by atoms with Crippen LogP contribution < -0.4 is 15.8 Å². The zero-order chi connectivity index (χ0) is 15.5. The highest BCUT2D eigenvalue weighted by Crippen LogP contribution is 2.25. The molecule has 6 nitrogen and oxygen atoms in total. The van der Waals surface area contributed by atoms with Crippen LogP contribution >= 0.6 is 0 Å². The predicted octanol–water partition coefficient (Wildman–Crippen LogP) is 0.975. The van der Waals surface area contributed by atoms with E-state index in [2.05, 4.69) is 5.32 Å². The van der Waals surface area contributed by atoms with Gasteiger partial charge in [0.25, 0.3) is 5.91 Å². The van der Waals surface area contributed by atoms with E-state index in [0.717, 1.165) is 0 Å². The first-order chi connectivity index (χ1) is 9.93. The van der Waals surface area contributed by atoms with Gasteiger partial charge in [-0.3, -0.25) is 4.79 Å². The number of carbonyl (C=O) groups excluding carboxylic acids is 1. The quantitative estimate of drug-likeness (QED) is 0.807. The SMILES string of the molecule is CCOc1cccc(N)c1C(=O)NC1CCCS(=O)(=O)C1. The molecule has 0 aromatic heterocycles. The van der Waals surface area contributed by atoms with Crippen molar-refractivity contribution in [3.05, 3.63) is 23.8 Å². The van der Waals surface area contributed by atoms with Crippen molar-refractivity contribution in [3.63, 3.8) is 0 Å². The summed E-state index contributed by atoms with van der Waals surface area (Å²) >= 11 is 0. The zero-order valence-electron chi connectivity index (χ0n) is 12.0. The monoisotopic (exact) mass is 312 g/mol. The molecule has 0 spiro atoms. The summed E-state index contributed by atoms with van der Waals surface area (Å²) in [5.74, 6) is 0.194. The van der Waals surface area contributed by atoms with E-state index >= 15 is 0 Å². The van der Waals surface area contributed by atoms with Crippen molar-refractivity contribution < 1.29 is 17.9 Å². The molecule has 3 N–H and O–H groups in total. The molecule has 1 atom stereocenters. The molecule has 1 unspecified atom stereocenters. The molecule has 7 heteroatoms. The first-order valence-corrected chi connectivity index (χ1v) is 8.77. The van der Waals surface area contributed by atoms with E-state index in [4.69, 9.17) is 10.5 Å². The third-order valence-electron chi connectivity index (χ3n) is 3.38. The van der Waals surface area contributed by atoms with Crippen molar-refractivity contribution in [2.24, 2.45) is 0 Å². The minimum atomic E-state index is -3.07. The van der Waals surface area contributed by atoms with Crippen molar-refractivity contribution >= 4 is 21.4 Å². The lowest BCUT2D eigenvalue weighted by atomic mass is 10.1. The summed E-state index contributed by atoms with van der Waals surface area (Å²) in [7, 11) is -3.07. The number of benzene rings is 1. The topological polar surface area (TPSA) is 98.5 Å². The van der Waals surface area contributed by atoms with Gasteiger partial charge in [0, 0.05) is 11.7 Å². The Labute approximate surface area is 124 Å². The van der Waals surface area contributed by atoms with Gasteiger partial charge in [-0.25, -0.2) is 8.42 Å². The number of anilines is 1. The number of hydrogen-bond donors (Lipinski definition) is 2. The van der Waals surface area contributed by atoms with Gasteiger partial charge in [-0.15, -0.1) is 0 Å². The lowest BCUT2D eigenvalue weighted by molar-refractivity contribution is 0.0935. The maximum absolute atomic E-state index is 12.4. The number of amides is 1. The molecule has 1 saturated heterocycles. The number of nitrogens with two attached hydrogens (primary N) is 1. The number of rotatable bonds is 4. The summed E-state index contributed by atoms with van der Waals surface area (Å²) in [6.07, 6.45) is 1.22. The maximum atomic E-state index is 12.4. The number of ether oxygens (including phenoxy) is 1. The van der Waals surface area contributed by atoms with Gasteiger partial charge in [-0.05, 0) is 31.9 Å². The van der Waals surface area contributed by atoms with Gasteiger partial charge in [-0.1, -0.05) is 6.07 Å². The van der Waals surface area contributed by atoms with E-state index in [0.29, 0.717) is 30.9 Å². The largest absolute Gasteiger partial charge is 0.493 e. The molecule has 1 aliphatic rings. The van der Waals surface area contributed by atoms with E-state index in [9.17, 15) is 13.2 Å². The summed E-state index contributed by atoms with van der Waals surface area (Å²) in [5.41, 5.74) is 6.43. The Kier molecular flexibility index (Phi) is 4.72. The van der Waals surface area contributed by atoms with Gasteiger partial charge < -0.3 is 15.8 Å². The van der Waals surface area contributed by atoms with Gasteiger partial charge in [0.1, 0.15) is 11.3 Å². The minimum absolute atomic E-state index is 0.0184. The highest BCUT2D eigenvalue weighted by Gasteiger charge is 2.27. The van der Waals surface area contributed by atoms with Crippen LogP contribution in [0.4, 0.5) is 5.69 Å². The third kappa shape index (κ3) is 3.87. The lowest BCUT2D eigenvalue weighted by Crippen LogP contribution is -2.43. The Balaban J connectivity index is 2.17. The molecule has 2 rings (SSSR count). The normalized spacial score (nSPS) is 20.7. The molecule has 116 valence electrons. The van der Waals surface area contributed by atoms with Crippen molar-refractivity contribution in [2.45, 2.75) is 25.8 Å². The molecule has 1 aromatic rings. The summed E-state index contributed by atoms with van der Waals surface area (Å²) in [5, 5.41) is 2.75. The second-order valence-corrected chi connectivity index (χ2v) is 7.31. The van der Waals surface area contributed by atoms with Gasteiger partial charge in [0.15, 0.2) is 9.84 Å². The fourth-order valence-corrected chi connectivity index (χ4v) is 4.10. The molecule has 1 aromatic carbocycles. The summed E-state index contributed by atoms with van der Waals surface area (Å²) in [6.45, 7) is 2.24. The lowest BCUT2D eigenvalue weighted by Gasteiger charge is -2.23. The van der Waals surface area contributed by atoms with Gasteiger partial charge >= 0.3 is 0 Å². The first kappa shape index (κ1) is 15.6. The molecule has 0 saturated carbocycles. The van der Waals surface area contributed by atoms with Crippen LogP contribution in [0.2, 0.25) is 0 Å². The molecule has 21 heavy (non-hydrogen) atoms. The van der Waals surface area contributed by atoms with Crippen LogP contribution in [-0.2, 0) is 9.84 Å². The predicted molar refractivity (Wildman–Crippen MR) is 81.2 cm³/mol. The van der Waals surface area contributed by atoms with Gasteiger partial charge in [0.05, 0.1) is 18.1 Å². The molecule has 0 bridgehead atoms. The minimum Gasteiger partial charge on any atom is -0.493 e. The van der Waals surface area contributed by atoms with E-state index in [1.54, 1.807) is 18.2 Å². The Morgan fingerprint density at radius 3 is 2.90 bits per heavy atom. The fourth-order valence-electron chi connectivity index (χ4n) is 2.46. The molecular weight excluding hydrogens is 292 g/mol. The number of nitrogens with one attached hydrogen (secondary N) is 1. The molecule has 0 radical (unpaired) electrons. The molecule has 1 fully saturated rings. The highest BCUT2D eigenvalue weighted by atomic mass is 32.2. The van der Waals surface area contributed by atoms with Gasteiger partial charge in [-0.2, -0.15) is 0 Å². The Morgan fingerprint density at radius 2 is 2.24 bits per heavy atom. The van der Waals surface area contributed by atoms with Crippen LogP contribution in [0.15, 0.2) is 18.2 Å². The summed E-state index contributed by atoms with van der Waals surface area (Å²) in [4.78, 5) is 12.4. The summed E-state index contributed by atoms with van der Waals surface area (Å²) < 4.78 is 28.6. The third-order valence-corrected chi connectivity index (χ3v) is 5.20. The molecule has 1 heterocycles. The fraction of sp³-hybridized carbons (Fsp3) is 0.500. The Bertz CT molecular complexity index is 628. The van der Waals surface area contributed by atoms with E-state index in [1.807, 2.05) is 6.92 Å². The molecule has 0 aliphatic carbocycles. The van der Waals surface area contributed by atoms with E-state index in [1.165, 1.54) is 0 Å². The van der Waals surface area contributed by atoms with Crippen molar-refractivity contribution in [1.82, 2.24) is 5.32 Å². The first-order valence-electron chi connectivity index (χ1n) is 6.95.